The second-order valence-electron chi connectivity index (χ2n) is 5.59. The van der Waals surface area contributed by atoms with E-state index in [1.165, 1.54) is 7.11 Å². The first-order valence-corrected chi connectivity index (χ1v) is 8.58. The van der Waals surface area contributed by atoms with E-state index in [2.05, 4.69) is 26.1 Å². The van der Waals surface area contributed by atoms with Gasteiger partial charge in [-0.25, -0.2) is 9.97 Å². The predicted octanol–water partition coefficient (Wildman–Crippen LogP) is 3.55. The first kappa shape index (κ1) is 19.8. The quantitative estimate of drug-likeness (QED) is 0.395. The van der Waals surface area contributed by atoms with Crippen molar-refractivity contribution in [2.45, 2.75) is 0 Å². The molecule has 29 heavy (non-hydrogen) atoms. The minimum Gasteiger partial charge on any atom is -0.497 e. The van der Waals surface area contributed by atoms with Crippen molar-refractivity contribution in [2.24, 2.45) is 0 Å². The fourth-order valence-corrected chi connectivity index (χ4v) is 2.54. The number of hydrogen-bond donors (Lipinski definition) is 3. The number of nitrogens with zero attached hydrogens (tertiary/aromatic N) is 3. The summed E-state index contributed by atoms with van der Waals surface area (Å²) in [5.74, 6) is -0.196. The Morgan fingerprint density at radius 3 is 2.45 bits per heavy atom. The van der Waals surface area contributed by atoms with Gasteiger partial charge >= 0.3 is 5.69 Å². The van der Waals surface area contributed by atoms with Gasteiger partial charge in [-0.15, -0.1) is 0 Å². The molecule has 0 spiro atoms. The monoisotopic (exact) mass is 414 g/mol. The van der Waals surface area contributed by atoms with Crippen molar-refractivity contribution in [3.05, 3.63) is 75.6 Å². The van der Waals surface area contributed by atoms with Crippen LogP contribution in [-0.4, -0.2) is 27.9 Å². The number of hydrazine groups is 1. The van der Waals surface area contributed by atoms with Gasteiger partial charge < -0.3 is 10.1 Å². The number of carbonyl (C=O) groups excluding carboxylic acids is 1. The van der Waals surface area contributed by atoms with Crippen LogP contribution in [0.4, 0.5) is 23.0 Å². The Bertz CT molecular complexity index is 1040. The van der Waals surface area contributed by atoms with E-state index < -0.39 is 16.5 Å². The highest BCUT2D eigenvalue weighted by Crippen LogP contribution is 2.32. The molecule has 0 atom stereocenters. The number of nitrogens with one attached hydrogen (secondary N) is 3. The number of methoxy groups -OCH3 is 1. The number of nitro groups is 1. The molecular formula is C18H15ClN6O4. The first-order valence-electron chi connectivity index (χ1n) is 8.21. The Morgan fingerprint density at radius 1 is 1.10 bits per heavy atom. The third-order valence-electron chi connectivity index (χ3n) is 3.78. The van der Waals surface area contributed by atoms with Crippen molar-refractivity contribution in [3.8, 4) is 5.75 Å². The normalized spacial score (nSPS) is 10.1. The minimum absolute atomic E-state index is 0.0840. The fraction of sp³-hybridized carbons (Fsp3) is 0.0556. The summed E-state index contributed by atoms with van der Waals surface area (Å²) >= 11 is 6.08. The van der Waals surface area contributed by atoms with E-state index in [1.54, 1.807) is 48.5 Å². The Morgan fingerprint density at radius 2 is 1.79 bits per heavy atom. The number of rotatable bonds is 7. The lowest BCUT2D eigenvalue weighted by Crippen LogP contribution is -2.30. The molecule has 0 saturated heterocycles. The van der Waals surface area contributed by atoms with Crippen molar-refractivity contribution in [1.29, 1.82) is 0 Å². The lowest BCUT2D eigenvalue weighted by molar-refractivity contribution is -0.383. The second kappa shape index (κ2) is 8.85. The van der Waals surface area contributed by atoms with E-state index in [1.807, 2.05) is 0 Å². The number of hydrogen-bond acceptors (Lipinski definition) is 8. The molecule has 3 N–H and O–H groups in total. The molecule has 11 heteroatoms. The van der Waals surface area contributed by atoms with E-state index in [0.717, 1.165) is 6.33 Å². The Hall–Kier alpha value is -3.92. The van der Waals surface area contributed by atoms with Gasteiger partial charge in [0.2, 0.25) is 11.6 Å². The molecule has 0 unspecified atom stereocenters. The highest BCUT2D eigenvalue weighted by molar-refractivity contribution is 6.33. The van der Waals surface area contributed by atoms with Gasteiger partial charge in [-0.1, -0.05) is 23.7 Å². The molecule has 2 aromatic carbocycles. The number of ether oxygens (including phenoxy) is 1. The topological polar surface area (TPSA) is 131 Å². The van der Waals surface area contributed by atoms with Crippen LogP contribution < -0.4 is 20.9 Å². The fourth-order valence-electron chi connectivity index (χ4n) is 2.36. The first-order chi connectivity index (χ1) is 14.0. The van der Waals surface area contributed by atoms with Crippen molar-refractivity contribution < 1.29 is 14.5 Å². The zero-order chi connectivity index (χ0) is 20.8. The standard InChI is InChI=1S/C18H15ClN6O4/c1-29-12-8-6-11(7-9-12)18(26)24-23-17-15(25(27)28)16(20-10-21-17)22-14-5-3-2-4-13(14)19/h2-10H,1H3,(H,24,26)(H2,20,21,22,23). The number of carbonyl (C=O) groups is 1. The molecule has 0 aliphatic carbocycles. The van der Waals surface area contributed by atoms with Crippen LogP contribution in [0, 0.1) is 10.1 Å². The summed E-state index contributed by atoms with van der Waals surface area (Å²) in [7, 11) is 1.51. The highest BCUT2D eigenvalue weighted by atomic mass is 35.5. The molecule has 148 valence electrons. The number of benzene rings is 2. The maximum Gasteiger partial charge on any atom is 0.355 e. The smallest absolute Gasteiger partial charge is 0.355 e. The molecule has 3 rings (SSSR count). The maximum atomic E-state index is 12.3. The van der Waals surface area contributed by atoms with Gasteiger partial charge in [0.15, 0.2) is 0 Å². The van der Waals surface area contributed by atoms with E-state index in [4.69, 9.17) is 16.3 Å². The molecule has 0 aliphatic heterocycles. The van der Waals surface area contributed by atoms with Gasteiger partial charge in [-0.2, -0.15) is 0 Å². The van der Waals surface area contributed by atoms with E-state index in [0.29, 0.717) is 22.0 Å². The molecule has 0 radical (unpaired) electrons. The minimum atomic E-state index is -0.666. The SMILES string of the molecule is COc1ccc(C(=O)NNc2ncnc(Nc3ccccc3Cl)c2[N+](=O)[O-])cc1. The molecule has 0 bridgehead atoms. The lowest BCUT2D eigenvalue weighted by atomic mass is 10.2. The zero-order valence-electron chi connectivity index (χ0n) is 15.0. The van der Waals surface area contributed by atoms with Gasteiger partial charge in [-0.3, -0.25) is 25.8 Å². The van der Waals surface area contributed by atoms with Crippen molar-refractivity contribution in [3.63, 3.8) is 0 Å². The van der Waals surface area contributed by atoms with E-state index in [9.17, 15) is 14.9 Å². The summed E-state index contributed by atoms with van der Waals surface area (Å²) in [6.07, 6.45) is 1.12. The van der Waals surface area contributed by atoms with Crippen LogP contribution in [0.25, 0.3) is 0 Å². The Kier molecular flexibility index (Phi) is 6.05. The van der Waals surface area contributed by atoms with Crippen LogP contribution in [0.2, 0.25) is 5.02 Å². The summed E-state index contributed by atoms with van der Waals surface area (Å²) in [6.45, 7) is 0. The van der Waals surface area contributed by atoms with Gasteiger partial charge in [0.05, 0.1) is 22.7 Å². The summed E-state index contributed by atoms with van der Waals surface area (Å²) in [4.78, 5) is 30.9. The van der Waals surface area contributed by atoms with Gasteiger partial charge in [0, 0.05) is 5.56 Å². The average molecular weight is 415 g/mol. The molecule has 0 saturated carbocycles. The van der Waals surface area contributed by atoms with Crippen LogP contribution in [0.5, 0.6) is 5.75 Å². The lowest BCUT2D eigenvalue weighted by Gasteiger charge is -2.11. The van der Waals surface area contributed by atoms with Gasteiger partial charge in [0.1, 0.15) is 12.1 Å². The molecule has 3 aromatic rings. The number of anilines is 3. The summed E-state index contributed by atoms with van der Waals surface area (Å²) in [6, 6.07) is 13.1. The molecule has 0 fully saturated rings. The zero-order valence-corrected chi connectivity index (χ0v) is 15.8. The Labute approximate surface area is 170 Å². The summed E-state index contributed by atoms with van der Waals surface area (Å²) < 4.78 is 5.04. The second-order valence-corrected chi connectivity index (χ2v) is 6.00. The summed E-state index contributed by atoms with van der Waals surface area (Å²) in [5, 5.41) is 14.8. The molecule has 1 aromatic heterocycles. The molecule has 0 aliphatic rings. The van der Waals surface area contributed by atoms with Crippen molar-refractivity contribution in [2.75, 3.05) is 17.9 Å². The maximum absolute atomic E-state index is 12.3. The Balaban J connectivity index is 1.81. The largest absolute Gasteiger partial charge is 0.497 e. The number of amides is 1. The van der Waals surface area contributed by atoms with Crippen LogP contribution in [0.15, 0.2) is 54.9 Å². The van der Waals surface area contributed by atoms with Crippen LogP contribution in [0.3, 0.4) is 0 Å². The third-order valence-corrected chi connectivity index (χ3v) is 4.11. The van der Waals surface area contributed by atoms with Crippen LogP contribution >= 0.6 is 11.6 Å². The van der Waals surface area contributed by atoms with E-state index in [-0.39, 0.29) is 11.6 Å². The molecule has 10 nitrogen and oxygen atoms in total. The molecule has 1 heterocycles. The van der Waals surface area contributed by atoms with Crippen LogP contribution in [-0.2, 0) is 0 Å². The number of halogens is 1. The van der Waals surface area contributed by atoms with Crippen molar-refractivity contribution in [1.82, 2.24) is 15.4 Å². The van der Waals surface area contributed by atoms with Gasteiger partial charge in [-0.05, 0) is 36.4 Å². The number of para-hydroxylation sites is 1. The summed E-state index contributed by atoms with van der Waals surface area (Å²) in [5.41, 5.74) is 5.14. The third kappa shape index (κ3) is 4.68. The molecular weight excluding hydrogens is 400 g/mol. The highest BCUT2D eigenvalue weighted by Gasteiger charge is 2.24. The van der Waals surface area contributed by atoms with Crippen molar-refractivity contribution >= 4 is 40.5 Å². The van der Waals surface area contributed by atoms with E-state index >= 15 is 0 Å². The average Bonchev–Trinajstić information content (AvgIpc) is 2.73. The van der Waals surface area contributed by atoms with Gasteiger partial charge in [0.25, 0.3) is 5.91 Å². The molecule has 1 amide bonds. The van der Waals surface area contributed by atoms with Crippen LogP contribution in [0.1, 0.15) is 10.4 Å². The predicted molar refractivity (Wildman–Crippen MR) is 108 cm³/mol. The number of aromatic nitrogens is 2.